The molecule has 2 amide bonds. The molecule has 0 spiro atoms. The third-order valence-electron chi connectivity index (χ3n) is 2.54. The molecule has 0 radical (unpaired) electrons. The van der Waals surface area contributed by atoms with Crippen molar-refractivity contribution in [3.8, 4) is 0 Å². The number of nitrogens with one attached hydrogen (secondary N) is 1. The number of nitrogens with zero attached hydrogens (tertiary/aromatic N) is 1. The molecule has 0 saturated heterocycles. The lowest BCUT2D eigenvalue weighted by Gasteiger charge is -2.21. The van der Waals surface area contributed by atoms with E-state index in [9.17, 15) is 9.59 Å². The third kappa shape index (κ3) is 5.06. The summed E-state index contributed by atoms with van der Waals surface area (Å²) in [7, 11) is 0. The van der Waals surface area contributed by atoms with Crippen LogP contribution < -0.4 is 5.32 Å². The second-order valence-electron chi connectivity index (χ2n) is 4.17. The van der Waals surface area contributed by atoms with Crippen molar-refractivity contribution in [1.29, 1.82) is 0 Å². The molecule has 1 N–H and O–H groups in total. The van der Waals surface area contributed by atoms with Gasteiger partial charge in [-0.2, -0.15) is 0 Å². The maximum Gasteiger partial charge on any atom is 0.287 e. The van der Waals surface area contributed by atoms with Gasteiger partial charge in [0.15, 0.2) is 10.4 Å². The van der Waals surface area contributed by atoms with Crippen LogP contribution in [0.15, 0.2) is 21.2 Å². The Balaban J connectivity index is 2.46. The van der Waals surface area contributed by atoms with Gasteiger partial charge in [-0.05, 0) is 40.9 Å². The first-order valence-corrected chi connectivity index (χ1v) is 7.19. The fraction of sp³-hybridized carbons (Fsp3) is 0.538. The lowest BCUT2D eigenvalue weighted by atomic mass is 10.3. The van der Waals surface area contributed by atoms with Gasteiger partial charge in [0, 0.05) is 13.1 Å². The Morgan fingerprint density at radius 2 is 1.89 bits per heavy atom. The van der Waals surface area contributed by atoms with Gasteiger partial charge >= 0.3 is 0 Å². The molecule has 6 heteroatoms. The molecule has 1 aromatic rings. The molecule has 0 unspecified atom stereocenters. The third-order valence-corrected chi connectivity index (χ3v) is 2.96. The summed E-state index contributed by atoms with van der Waals surface area (Å²) in [5.41, 5.74) is 0. The minimum atomic E-state index is -0.382. The summed E-state index contributed by atoms with van der Waals surface area (Å²) in [4.78, 5) is 25.4. The van der Waals surface area contributed by atoms with Crippen LogP contribution >= 0.6 is 15.9 Å². The summed E-state index contributed by atoms with van der Waals surface area (Å²) in [6.07, 6.45) is 1.82. The van der Waals surface area contributed by atoms with E-state index >= 15 is 0 Å². The van der Waals surface area contributed by atoms with E-state index in [2.05, 4.69) is 21.2 Å². The average Bonchev–Trinajstić information content (AvgIpc) is 2.82. The van der Waals surface area contributed by atoms with Crippen molar-refractivity contribution in [3.63, 3.8) is 0 Å². The number of carbonyl (C=O) groups is 2. The molecule has 1 aromatic heterocycles. The molecule has 0 atom stereocenters. The van der Waals surface area contributed by atoms with E-state index in [0.29, 0.717) is 4.67 Å². The highest BCUT2D eigenvalue weighted by Crippen LogP contribution is 2.13. The molecule has 0 aromatic carbocycles. The SMILES string of the molecule is CCCN(CCC)C(=O)CNC(=O)c1ccc(Br)o1. The second-order valence-corrected chi connectivity index (χ2v) is 4.95. The molecule has 1 rings (SSSR count). The van der Waals surface area contributed by atoms with Gasteiger partial charge in [0.1, 0.15) is 0 Å². The Kier molecular flexibility index (Phi) is 6.62. The predicted molar refractivity (Wildman–Crippen MR) is 75.9 cm³/mol. The highest BCUT2D eigenvalue weighted by molar-refractivity contribution is 9.10. The van der Waals surface area contributed by atoms with Crippen molar-refractivity contribution in [1.82, 2.24) is 10.2 Å². The van der Waals surface area contributed by atoms with Crippen molar-refractivity contribution in [2.75, 3.05) is 19.6 Å². The van der Waals surface area contributed by atoms with Gasteiger partial charge in [-0.3, -0.25) is 9.59 Å². The molecular weight excluding hydrogens is 312 g/mol. The van der Waals surface area contributed by atoms with Gasteiger partial charge in [0.05, 0.1) is 6.54 Å². The van der Waals surface area contributed by atoms with E-state index < -0.39 is 0 Å². The zero-order valence-corrected chi connectivity index (χ0v) is 12.8. The van der Waals surface area contributed by atoms with E-state index in [1.54, 1.807) is 17.0 Å². The minimum absolute atomic E-state index is 0.00283. The molecule has 0 fully saturated rings. The molecule has 0 aliphatic carbocycles. The summed E-state index contributed by atoms with van der Waals surface area (Å²) in [5, 5.41) is 2.56. The zero-order chi connectivity index (χ0) is 14.3. The molecule has 0 bridgehead atoms. The van der Waals surface area contributed by atoms with E-state index in [-0.39, 0.29) is 24.1 Å². The molecular formula is C13H19BrN2O3. The number of rotatable bonds is 7. The Hall–Kier alpha value is -1.30. The number of furan rings is 1. The maximum absolute atomic E-state index is 11.9. The summed E-state index contributed by atoms with van der Waals surface area (Å²) in [6, 6.07) is 3.19. The largest absolute Gasteiger partial charge is 0.444 e. The maximum atomic E-state index is 11.9. The number of amides is 2. The average molecular weight is 331 g/mol. The van der Waals surface area contributed by atoms with Crippen molar-refractivity contribution in [2.24, 2.45) is 0 Å². The highest BCUT2D eigenvalue weighted by Gasteiger charge is 2.15. The fourth-order valence-electron chi connectivity index (χ4n) is 1.69. The van der Waals surface area contributed by atoms with Gasteiger partial charge in [0.25, 0.3) is 5.91 Å². The van der Waals surface area contributed by atoms with Crippen LogP contribution in [0.25, 0.3) is 0 Å². The lowest BCUT2D eigenvalue weighted by Crippen LogP contribution is -2.40. The highest BCUT2D eigenvalue weighted by atomic mass is 79.9. The Bertz CT molecular complexity index is 425. The topological polar surface area (TPSA) is 62.6 Å². The van der Waals surface area contributed by atoms with Crippen LogP contribution in [0.4, 0.5) is 0 Å². The van der Waals surface area contributed by atoms with Gasteiger partial charge in [0.2, 0.25) is 5.91 Å². The Morgan fingerprint density at radius 1 is 1.26 bits per heavy atom. The monoisotopic (exact) mass is 330 g/mol. The second kappa shape index (κ2) is 7.99. The van der Waals surface area contributed by atoms with Gasteiger partial charge in [-0.25, -0.2) is 0 Å². The normalized spacial score (nSPS) is 10.3. The summed E-state index contributed by atoms with van der Waals surface area (Å²) < 4.78 is 5.60. The quantitative estimate of drug-likeness (QED) is 0.835. The zero-order valence-electron chi connectivity index (χ0n) is 11.2. The fourth-order valence-corrected chi connectivity index (χ4v) is 2.00. The van der Waals surface area contributed by atoms with Crippen LogP contribution in [0, 0.1) is 0 Å². The van der Waals surface area contributed by atoms with Crippen LogP contribution in [0.1, 0.15) is 37.2 Å². The number of hydrogen-bond donors (Lipinski definition) is 1. The molecule has 0 aliphatic rings. The number of hydrogen-bond acceptors (Lipinski definition) is 3. The molecule has 1 heterocycles. The number of halogens is 1. The summed E-state index contributed by atoms with van der Waals surface area (Å²) in [5.74, 6) is -0.258. The van der Waals surface area contributed by atoms with E-state index in [1.807, 2.05) is 13.8 Å². The summed E-state index contributed by atoms with van der Waals surface area (Å²) in [6.45, 7) is 5.48. The van der Waals surface area contributed by atoms with Crippen molar-refractivity contribution < 1.29 is 14.0 Å². The van der Waals surface area contributed by atoms with E-state index in [4.69, 9.17) is 4.42 Å². The van der Waals surface area contributed by atoms with Crippen molar-refractivity contribution in [3.05, 3.63) is 22.6 Å². The van der Waals surface area contributed by atoms with E-state index in [1.165, 1.54) is 0 Å². The minimum Gasteiger partial charge on any atom is -0.444 e. The van der Waals surface area contributed by atoms with Crippen molar-refractivity contribution >= 4 is 27.7 Å². The molecule has 5 nitrogen and oxygen atoms in total. The molecule has 0 aliphatic heterocycles. The standard InChI is InChI=1S/C13H19BrN2O3/c1-3-7-16(8-4-2)12(17)9-15-13(18)10-5-6-11(14)19-10/h5-6H,3-4,7-9H2,1-2H3,(H,15,18). The van der Waals surface area contributed by atoms with Crippen LogP contribution in [-0.4, -0.2) is 36.3 Å². The molecule has 0 saturated carbocycles. The predicted octanol–water partition coefficient (Wildman–Crippen LogP) is 2.42. The first-order valence-electron chi connectivity index (χ1n) is 6.39. The van der Waals surface area contributed by atoms with Crippen LogP contribution in [-0.2, 0) is 4.79 Å². The van der Waals surface area contributed by atoms with Crippen LogP contribution in [0.3, 0.4) is 0 Å². The first kappa shape index (κ1) is 15.8. The number of carbonyl (C=O) groups excluding carboxylic acids is 2. The Morgan fingerprint density at radius 3 is 2.37 bits per heavy atom. The van der Waals surface area contributed by atoms with Gasteiger partial charge in [-0.1, -0.05) is 13.8 Å². The van der Waals surface area contributed by atoms with Gasteiger partial charge < -0.3 is 14.6 Å². The summed E-state index contributed by atoms with van der Waals surface area (Å²) >= 11 is 3.12. The van der Waals surface area contributed by atoms with Crippen LogP contribution in [0.2, 0.25) is 0 Å². The molecule has 19 heavy (non-hydrogen) atoms. The van der Waals surface area contributed by atoms with Crippen molar-refractivity contribution in [2.45, 2.75) is 26.7 Å². The van der Waals surface area contributed by atoms with Crippen LogP contribution in [0.5, 0.6) is 0 Å². The smallest absolute Gasteiger partial charge is 0.287 e. The lowest BCUT2D eigenvalue weighted by molar-refractivity contribution is -0.130. The Labute approximate surface area is 121 Å². The molecule has 106 valence electrons. The first-order chi connectivity index (χ1) is 9.08. The van der Waals surface area contributed by atoms with E-state index in [0.717, 1.165) is 25.9 Å². The van der Waals surface area contributed by atoms with Gasteiger partial charge in [-0.15, -0.1) is 0 Å².